The summed E-state index contributed by atoms with van der Waals surface area (Å²) >= 11 is 0. The predicted molar refractivity (Wildman–Crippen MR) is 66.2 cm³/mol. The molecular formula is C13H22N2O2. The lowest BCUT2D eigenvalue weighted by molar-refractivity contribution is -0.0326. The fraction of sp³-hybridized carbons (Fsp3) is 0.769. The largest absolute Gasteiger partial charge is 0.488 e. The molecule has 1 aromatic rings. The van der Waals surface area contributed by atoms with Crippen LogP contribution in [0.2, 0.25) is 0 Å². The van der Waals surface area contributed by atoms with E-state index in [1.54, 1.807) is 6.20 Å². The second-order valence-corrected chi connectivity index (χ2v) is 5.29. The Kier molecular flexibility index (Phi) is 3.72. The molecule has 96 valence electrons. The molecule has 17 heavy (non-hydrogen) atoms. The average Bonchev–Trinajstić information content (AvgIpc) is 2.83. The Labute approximate surface area is 103 Å². The first-order valence-corrected chi connectivity index (χ1v) is 6.42. The number of rotatable bonds is 5. The lowest BCUT2D eigenvalue weighted by Gasteiger charge is -2.19. The molecule has 0 N–H and O–H groups in total. The van der Waals surface area contributed by atoms with E-state index < -0.39 is 0 Å². The summed E-state index contributed by atoms with van der Waals surface area (Å²) < 4.78 is 13.5. The number of aryl methyl sites for hydroxylation is 1. The van der Waals surface area contributed by atoms with E-state index in [9.17, 15) is 0 Å². The molecule has 0 radical (unpaired) electrons. The highest BCUT2D eigenvalue weighted by molar-refractivity contribution is 5.11. The zero-order chi connectivity index (χ0) is 12.3. The Bertz CT molecular complexity index is 360. The Morgan fingerprint density at radius 1 is 1.59 bits per heavy atom. The van der Waals surface area contributed by atoms with Crippen LogP contribution in [0, 0.1) is 0 Å². The van der Waals surface area contributed by atoms with Gasteiger partial charge in [-0.1, -0.05) is 6.92 Å². The molecule has 1 saturated heterocycles. The first-order chi connectivity index (χ1) is 8.09. The molecule has 0 amide bonds. The van der Waals surface area contributed by atoms with Gasteiger partial charge in [-0.2, -0.15) is 5.10 Å². The van der Waals surface area contributed by atoms with Gasteiger partial charge in [0.25, 0.3) is 0 Å². The monoisotopic (exact) mass is 238 g/mol. The van der Waals surface area contributed by atoms with Crippen molar-refractivity contribution in [1.82, 2.24) is 9.78 Å². The third kappa shape index (κ3) is 3.46. The molecular weight excluding hydrogens is 216 g/mol. The maximum atomic E-state index is 5.87. The Balaban J connectivity index is 1.78. The van der Waals surface area contributed by atoms with Crippen LogP contribution in [-0.4, -0.2) is 28.1 Å². The van der Waals surface area contributed by atoms with Crippen LogP contribution in [0.15, 0.2) is 12.4 Å². The smallest absolute Gasteiger partial charge is 0.157 e. The Morgan fingerprint density at radius 2 is 2.41 bits per heavy atom. The quantitative estimate of drug-likeness (QED) is 0.791. The molecule has 0 aromatic carbocycles. The van der Waals surface area contributed by atoms with Gasteiger partial charge in [-0.15, -0.1) is 0 Å². The molecule has 2 heterocycles. The van der Waals surface area contributed by atoms with Crippen molar-refractivity contribution in [3.05, 3.63) is 12.4 Å². The highest BCUT2D eigenvalue weighted by atomic mass is 16.6. The van der Waals surface area contributed by atoms with Crippen LogP contribution >= 0.6 is 0 Å². The minimum absolute atomic E-state index is 0.0143. The minimum atomic E-state index is 0.0143. The third-order valence-electron chi connectivity index (χ3n) is 3.05. The SMILES string of the molecule is CCCn1cc(OCC2CCC(C)(C)O2)cn1. The van der Waals surface area contributed by atoms with Gasteiger partial charge in [0, 0.05) is 6.54 Å². The van der Waals surface area contributed by atoms with Gasteiger partial charge in [0.05, 0.1) is 24.1 Å². The summed E-state index contributed by atoms with van der Waals surface area (Å²) in [6.07, 6.45) is 7.21. The Morgan fingerprint density at radius 3 is 3.06 bits per heavy atom. The van der Waals surface area contributed by atoms with E-state index >= 15 is 0 Å². The summed E-state index contributed by atoms with van der Waals surface area (Å²) in [5, 5.41) is 4.23. The van der Waals surface area contributed by atoms with E-state index in [-0.39, 0.29) is 11.7 Å². The van der Waals surface area contributed by atoms with E-state index in [4.69, 9.17) is 9.47 Å². The van der Waals surface area contributed by atoms with E-state index in [0.29, 0.717) is 6.61 Å². The van der Waals surface area contributed by atoms with Crippen molar-refractivity contribution in [2.24, 2.45) is 0 Å². The normalized spacial score (nSPS) is 22.9. The van der Waals surface area contributed by atoms with Crippen LogP contribution in [0.1, 0.15) is 40.0 Å². The van der Waals surface area contributed by atoms with Gasteiger partial charge in [0.15, 0.2) is 5.75 Å². The second kappa shape index (κ2) is 5.08. The van der Waals surface area contributed by atoms with E-state index in [0.717, 1.165) is 31.6 Å². The van der Waals surface area contributed by atoms with Crippen molar-refractivity contribution in [2.75, 3.05) is 6.61 Å². The summed E-state index contributed by atoms with van der Waals surface area (Å²) in [7, 11) is 0. The van der Waals surface area contributed by atoms with Crippen molar-refractivity contribution in [3.8, 4) is 5.75 Å². The fourth-order valence-electron chi connectivity index (χ4n) is 2.15. The molecule has 1 aliphatic heterocycles. The van der Waals surface area contributed by atoms with Gasteiger partial charge in [-0.05, 0) is 33.1 Å². The van der Waals surface area contributed by atoms with Crippen molar-refractivity contribution in [1.29, 1.82) is 0 Å². The van der Waals surface area contributed by atoms with Crippen LogP contribution in [0.4, 0.5) is 0 Å². The molecule has 1 atom stereocenters. The van der Waals surface area contributed by atoms with Crippen LogP contribution < -0.4 is 4.74 Å². The van der Waals surface area contributed by atoms with Crippen LogP contribution in [0.5, 0.6) is 5.75 Å². The summed E-state index contributed by atoms with van der Waals surface area (Å²) in [6, 6.07) is 0. The number of hydrogen-bond acceptors (Lipinski definition) is 3. The standard InChI is InChI=1S/C13H22N2O2/c1-4-7-15-9-12(8-14-15)16-10-11-5-6-13(2,3)17-11/h8-9,11H,4-7,10H2,1-3H3. The first-order valence-electron chi connectivity index (χ1n) is 6.42. The summed E-state index contributed by atoms with van der Waals surface area (Å²) in [5.41, 5.74) is 0.0143. The van der Waals surface area contributed by atoms with Gasteiger partial charge >= 0.3 is 0 Å². The van der Waals surface area contributed by atoms with Gasteiger partial charge in [0.2, 0.25) is 0 Å². The average molecular weight is 238 g/mol. The van der Waals surface area contributed by atoms with Gasteiger partial charge in [-0.3, -0.25) is 4.68 Å². The number of aromatic nitrogens is 2. The lowest BCUT2D eigenvalue weighted by atomic mass is 10.1. The third-order valence-corrected chi connectivity index (χ3v) is 3.05. The second-order valence-electron chi connectivity index (χ2n) is 5.29. The molecule has 0 spiro atoms. The van der Waals surface area contributed by atoms with Gasteiger partial charge in [0.1, 0.15) is 6.61 Å². The molecule has 0 saturated carbocycles. The maximum Gasteiger partial charge on any atom is 0.157 e. The maximum absolute atomic E-state index is 5.87. The van der Waals surface area contributed by atoms with Gasteiger partial charge < -0.3 is 9.47 Å². The lowest BCUT2D eigenvalue weighted by Crippen LogP contribution is -2.23. The fourth-order valence-corrected chi connectivity index (χ4v) is 2.15. The van der Waals surface area contributed by atoms with Crippen molar-refractivity contribution in [3.63, 3.8) is 0 Å². The highest BCUT2D eigenvalue weighted by Gasteiger charge is 2.31. The van der Waals surface area contributed by atoms with Crippen LogP contribution in [-0.2, 0) is 11.3 Å². The highest BCUT2D eigenvalue weighted by Crippen LogP contribution is 2.29. The molecule has 2 rings (SSSR count). The summed E-state index contributed by atoms with van der Waals surface area (Å²) in [5.74, 6) is 0.840. The Hall–Kier alpha value is -1.03. The zero-order valence-electron chi connectivity index (χ0n) is 11.0. The number of ether oxygens (including phenoxy) is 2. The number of nitrogens with zero attached hydrogens (tertiary/aromatic N) is 2. The van der Waals surface area contributed by atoms with Crippen molar-refractivity contribution < 1.29 is 9.47 Å². The minimum Gasteiger partial charge on any atom is -0.488 e. The van der Waals surface area contributed by atoms with Gasteiger partial charge in [-0.25, -0.2) is 0 Å². The van der Waals surface area contributed by atoms with E-state index in [1.807, 2.05) is 10.9 Å². The molecule has 4 heteroatoms. The molecule has 0 aliphatic carbocycles. The molecule has 1 aromatic heterocycles. The summed E-state index contributed by atoms with van der Waals surface area (Å²) in [6.45, 7) is 7.97. The molecule has 4 nitrogen and oxygen atoms in total. The van der Waals surface area contributed by atoms with Crippen LogP contribution in [0.3, 0.4) is 0 Å². The zero-order valence-corrected chi connectivity index (χ0v) is 11.0. The predicted octanol–water partition coefficient (Wildman–Crippen LogP) is 2.63. The molecule has 1 unspecified atom stereocenters. The number of hydrogen-bond donors (Lipinski definition) is 0. The molecule has 1 aliphatic rings. The molecule has 1 fully saturated rings. The van der Waals surface area contributed by atoms with Crippen molar-refractivity contribution >= 4 is 0 Å². The van der Waals surface area contributed by atoms with Crippen LogP contribution in [0.25, 0.3) is 0 Å². The van der Waals surface area contributed by atoms with Crippen molar-refractivity contribution in [2.45, 2.75) is 58.3 Å². The molecule has 0 bridgehead atoms. The summed E-state index contributed by atoms with van der Waals surface area (Å²) in [4.78, 5) is 0. The van der Waals surface area contributed by atoms with E-state index in [2.05, 4.69) is 25.9 Å². The van der Waals surface area contributed by atoms with E-state index in [1.165, 1.54) is 0 Å². The topological polar surface area (TPSA) is 36.3 Å². The first kappa shape index (κ1) is 12.4.